The van der Waals surface area contributed by atoms with E-state index in [1.54, 1.807) is 18.5 Å². The maximum Gasteiger partial charge on any atom is 0.253 e. The van der Waals surface area contributed by atoms with Gasteiger partial charge < -0.3 is 9.36 Å². The van der Waals surface area contributed by atoms with Gasteiger partial charge in [0.05, 0.1) is 5.52 Å². The second-order valence-electron chi connectivity index (χ2n) is 4.98. The molecule has 3 nitrogen and oxygen atoms in total. The molecule has 2 aromatic rings. The molecule has 0 radical (unpaired) electrons. The number of hydrogen-bond acceptors (Lipinski definition) is 2. The van der Waals surface area contributed by atoms with Crippen LogP contribution in [0.15, 0.2) is 29.1 Å². The van der Waals surface area contributed by atoms with Crippen molar-refractivity contribution in [3.05, 3.63) is 45.7 Å². The molecule has 1 heterocycles. The summed E-state index contributed by atoms with van der Waals surface area (Å²) in [6, 6.07) is 8.09. The summed E-state index contributed by atoms with van der Waals surface area (Å²) in [5, 5.41) is 1.07. The molecule has 0 bridgehead atoms. The molecule has 100 valence electrons. The van der Waals surface area contributed by atoms with Crippen LogP contribution < -0.4 is 5.56 Å². The number of Topliss-reactive ketones (excluding diaryl/α,β-unsaturated/α-hetero) is 1. The van der Waals surface area contributed by atoms with Crippen LogP contribution in [-0.2, 0) is 24.7 Å². The number of benzene rings is 1. The van der Waals surface area contributed by atoms with E-state index >= 15 is 0 Å². The van der Waals surface area contributed by atoms with Gasteiger partial charge in [0.1, 0.15) is 5.78 Å². The predicted octanol–water partition coefficient (Wildman–Crippen LogP) is 2.62. The molecule has 2 rings (SSSR count). The molecule has 0 unspecified atom stereocenters. The third-order valence-electron chi connectivity index (χ3n) is 3.52. The van der Waals surface area contributed by atoms with E-state index in [1.165, 1.54) is 5.56 Å². The molecule has 0 aliphatic carbocycles. The molecule has 0 aliphatic rings. The summed E-state index contributed by atoms with van der Waals surface area (Å²) in [6.07, 6.45) is 1.92. The van der Waals surface area contributed by atoms with Crippen LogP contribution >= 0.6 is 0 Å². The minimum absolute atomic E-state index is 0.00185. The lowest BCUT2D eigenvalue weighted by Gasteiger charge is -2.09. The van der Waals surface area contributed by atoms with E-state index in [9.17, 15) is 9.59 Å². The van der Waals surface area contributed by atoms with Crippen molar-refractivity contribution in [1.29, 1.82) is 0 Å². The minimum Gasteiger partial charge on any atom is -0.311 e. The number of ketones is 1. The van der Waals surface area contributed by atoms with Gasteiger partial charge >= 0.3 is 0 Å². The summed E-state index contributed by atoms with van der Waals surface area (Å²) in [5.74, 6) is 0.115. The summed E-state index contributed by atoms with van der Waals surface area (Å²) >= 11 is 0. The van der Waals surface area contributed by atoms with Crippen LogP contribution in [0.3, 0.4) is 0 Å². The Balaban J connectivity index is 2.56. The van der Waals surface area contributed by atoms with Crippen LogP contribution in [0.1, 0.15) is 31.4 Å². The fraction of sp³-hybridized carbons (Fsp3) is 0.375. The molecular weight excluding hydrogens is 238 g/mol. The molecule has 1 aromatic heterocycles. The highest BCUT2D eigenvalue weighted by Crippen LogP contribution is 2.16. The Morgan fingerprint density at radius 3 is 2.63 bits per heavy atom. The van der Waals surface area contributed by atoms with Crippen LogP contribution in [0, 0.1) is 0 Å². The van der Waals surface area contributed by atoms with Crippen LogP contribution in [0.2, 0.25) is 0 Å². The summed E-state index contributed by atoms with van der Waals surface area (Å²) in [4.78, 5) is 23.3. The van der Waals surface area contributed by atoms with Gasteiger partial charge in [-0.3, -0.25) is 4.79 Å². The zero-order chi connectivity index (χ0) is 14.0. The highest BCUT2D eigenvalue weighted by Gasteiger charge is 2.08. The maximum atomic E-state index is 12.2. The Morgan fingerprint density at radius 2 is 2.00 bits per heavy atom. The first-order chi connectivity index (χ1) is 9.02. The predicted molar refractivity (Wildman–Crippen MR) is 77.6 cm³/mol. The Kier molecular flexibility index (Phi) is 3.84. The first-order valence-electron chi connectivity index (χ1n) is 6.64. The van der Waals surface area contributed by atoms with Crippen LogP contribution in [0.4, 0.5) is 0 Å². The average Bonchev–Trinajstić information content (AvgIpc) is 2.40. The third-order valence-corrected chi connectivity index (χ3v) is 3.52. The van der Waals surface area contributed by atoms with Crippen molar-refractivity contribution >= 4 is 16.7 Å². The van der Waals surface area contributed by atoms with E-state index in [1.807, 2.05) is 12.1 Å². The minimum atomic E-state index is -0.00185. The molecule has 0 saturated carbocycles. The van der Waals surface area contributed by atoms with Gasteiger partial charge in [-0.05, 0) is 48.9 Å². The van der Waals surface area contributed by atoms with Crippen molar-refractivity contribution in [2.24, 2.45) is 7.05 Å². The Morgan fingerprint density at radius 1 is 1.26 bits per heavy atom. The molecule has 0 spiro atoms. The number of carbonyl (C=O) groups excluding carboxylic acids is 1. The number of aryl methyl sites for hydroxylation is 3. The standard InChI is InChI=1S/C16H19NO2/c1-4-12-6-8-15-14(9-12)10-13(7-5-11(2)18)16(19)17(15)3/h6,8-10H,4-5,7H2,1-3H3. The van der Waals surface area contributed by atoms with E-state index in [0.717, 1.165) is 22.9 Å². The van der Waals surface area contributed by atoms with Crippen molar-refractivity contribution in [3.63, 3.8) is 0 Å². The molecule has 0 fully saturated rings. The first kappa shape index (κ1) is 13.5. The Labute approximate surface area is 112 Å². The number of aromatic nitrogens is 1. The van der Waals surface area contributed by atoms with Gasteiger partial charge in [-0.1, -0.05) is 13.0 Å². The number of hydrogen-bond donors (Lipinski definition) is 0. The fourth-order valence-corrected chi connectivity index (χ4v) is 2.31. The highest BCUT2D eigenvalue weighted by atomic mass is 16.1. The normalized spacial score (nSPS) is 10.9. The number of pyridine rings is 1. The van der Waals surface area contributed by atoms with Gasteiger partial charge in [-0.15, -0.1) is 0 Å². The van der Waals surface area contributed by atoms with Gasteiger partial charge in [0.25, 0.3) is 5.56 Å². The highest BCUT2D eigenvalue weighted by molar-refractivity contribution is 5.81. The molecule has 0 aliphatic heterocycles. The van der Waals surface area contributed by atoms with Gasteiger partial charge in [-0.25, -0.2) is 0 Å². The first-order valence-corrected chi connectivity index (χ1v) is 6.64. The Hall–Kier alpha value is -1.90. The summed E-state index contributed by atoms with van der Waals surface area (Å²) < 4.78 is 1.67. The topological polar surface area (TPSA) is 39.1 Å². The van der Waals surface area contributed by atoms with Crippen molar-refractivity contribution in [1.82, 2.24) is 4.57 Å². The van der Waals surface area contributed by atoms with Gasteiger partial charge in [0.2, 0.25) is 0 Å². The van der Waals surface area contributed by atoms with Gasteiger partial charge in [0.15, 0.2) is 0 Å². The van der Waals surface area contributed by atoms with Gasteiger partial charge in [0, 0.05) is 19.0 Å². The van der Waals surface area contributed by atoms with E-state index < -0.39 is 0 Å². The molecule has 1 aromatic carbocycles. The van der Waals surface area contributed by atoms with Crippen molar-refractivity contribution < 1.29 is 4.79 Å². The quantitative estimate of drug-likeness (QED) is 0.844. The zero-order valence-electron chi connectivity index (χ0n) is 11.7. The molecule has 0 saturated heterocycles. The molecule has 0 N–H and O–H groups in total. The lowest BCUT2D eigenvalue weighted by atomic mass is 10.0. The molecule has 0 atom stereocenters. The number of fused-ring (bicyclic) bond motifs is 1. The molecule has 3 heteroatoms. The molecule has 0 amide bonds. The lowest BCUT2D eigenvalue weighted by molar-refractivity contribution is -0.116. The smallest absolute Gasteiger partial charge is 0.253 e. The van der Waals surface area contributed by atoms with Crippen molar-refractivity contribution in [2.45, 2.75) is 33.1 Å². The zero-order valence-corrected chi connectivity index (χ0v) is 11.7. The summed E-state index contributed by atoms with van der Waals surface area (Å²) in [5.41, 5.74) is 2.91. The lowest BCUT2D eigenvalue weighted by Crippen LogP contribution is -2.21. The van der Waals surface area contributed by atoms with Crippen LogP contribution in [0.25, 0.3) is 10.9 Å². The second kappa shape index (κ2) is 5.39. The molecule has 19 heavy (non-hydrogen) atoms. The number of rotatable bonds is 4. The summed E-state index contributed by atoms with van der Waals surface area (Å²) in [7, 11) is 1.79. The molecular formula is C16H19NO2. The Bertz CT molecular complexity index is 683. The van der Waals surface area contributed by atoms with Crippen LogP contribution in [-0.4, -0.2) is 10.4 Å². The van der Waals surface area contributed by atoms with E-state index in [2.05, 4.69) is 19.1 Å². The average molecular weight is 257 g/mol. The maximum absolute atomic E-state index is 12.2. The van der Waals surface area contributed by atoms with Crippen molar-refractivity contribution in [2.75, 3.05) is 0 Å². The third kappa shape index (κ3) is 2.75. The van der Waals surface area contributed by atoms with Gasteiger partial charge in [-0.2, -0.15) is 0 Å². The largest absolute Gasteiger partial charge is 0.311 e. The number of nitrogens with zero attached hydrogens (tertiary/aromatic N) is 1. The fourth-order valence-electron chi connectivity index (χ4n) is 2.31. The summed E-state index contributed by atoms with van der Waals surface area (Å²) in [6.45, 7) is 3.67. The number of carbonyl (C=O) groups is 1. The van der Waals surface area contributed by atoms with E-state index in [4.69, 9.17) is 0 Å². The second-order valence-corrected chi connectivity index (χ2v) is 4.98. The van der Waals surface area contributed by atoms with E-state index in [0.29, 0.717) is 12.8 Å². The van der Waals surface area contributed by atoms with Crippen molar-refractivity contribution in [3.8, 4) is 0 Å². The SMILES string of the molecule is CCc1ccc2c(c1)cc(CCC(C)=O)c(=O)n2C. The van der Waals surface area contributed by atoms with E-state index in [-0.39, 0.29) is 11.3 Å². The van der Waals surface area contributed by atoms with Crippen LogP contribution in [0.5, 0.6) is 0 Å². The monoisotopic (exact) mass is 257 g/mol.